The minimum atomic E-state index is -3.00. The van der Waals surface area contributed by atoms with Crippen molar-refractivity contribution >= 4 is 29.0 Å². The Morgan fingerprint density at radius 2 is 2.15 bits per heavy atom. The molecule has 3 aromatic heterocycles. The topological polar surface area (TPSA) is 106 Å². The molecule has 34 heavy (non-hydrogen) atoms. The highest BCUT2D eigenvalue weighted by Crippen LogP contribution is 2.39. The fraction of sp³-hybridized carbons (Fsp3) is 0.273. The second kappa shape index (κ2) is 10.6. The summed E-state index contributed by atoms with van der Waals surface area (Å²) >= 11 is 1.58. The number of amides is 1. The third-order valence-electron chi connectivity index (χ3n) is 4.76. The van der Waals surface area contributed by atoms with Crippen LogP contribution in [0.2, 0.25) is 0 Å². The summed E-state index contributed by atoms with van der Waals surface area (Å²) in [6, 6.07) is 6.61. The van der Waals surface area contributed by atoms with E-state index in [-0.39, 0.29) is 11.3 Å². The van der Waals surface area contributed by atoms with Gasteiger partial charge in [0.2, 0.25) is 0 Å². The van der Waals surface area contributed by atoms with Crippen LogP contribution in [0.1, 0.15) is 24.2 Å². The molecule has 0 radical (unpaired) electrons. The van der Waals surface area contributed by atoms with Gasteiger partial charge in [-0.1, -0.05) is 13.8 Å². The van der Waals surface area contributed by atoms with Gasteiger partial charge in [0, 0.05) is 22.9 Å². The van der Waals surface area contributed by atoms with Gasteiger partial charge in [0.25, 0.3) is 5.91 Å². The van der Waals surface area contributed by atoms with E-state index in [1.54, 1.807) is 42.4 Å². The predicted octanol–water partition coefficient (Wildman–Crippen LogP) is 4.49. The Hall–Kier alpha value is -3.51. The monoisotopic (exact) mass is 488 g/mol. The number of aromatic nitrogens is 5. The van der Waals surface area contributed by atoms with Gasteiger partial charge in [-0.15, -0.1) is 11.8 Å². The number of hydrogen-bond acceptors (Lipinski definition) is 7. The van der Waals surface area contributed by atoms with Gasteiger partial charge in [0.05, 0.1) is 42.2 Å². The smallest absolute Gasteiger partial charge is 0.387 e. The van der Waals surface area contributed by atoms with E-state index >= 15 is 0 Å². The summed E-state index contributed by atoms with van der Waals surface area (Å²) < 4.78 is 37.4. The highest BCUT2D eigenvalue weighted by atomic mass is 32.2. The summed E-state index contributed by atoms with van der Waals surface area (Å²) in [7, 11) is 0. The zero-order valence-corrected chi connectivity index (χ0v) is 19.2. The number of carbonyl (C=O) groups excluding carboxylic acids is 1. The molecule has 1 aliphatic rings. The maximum Gasteiger partial charge on any atom is 0.387 e. The largest absolute Gasteiger partial charge is 0.434 e. The van der Waals surface area contributed by atoms with E-state index < -0.39 is 12.5 Å². The van der Waals surface area contributed by atoms with E-state index in [9.17, 15) is 13.6 Å². The van der Waals surface area contributed by atoms with Gasteiger partial charge in [-0.25, -0.2) is 9.50 Å². The maximum absolute atomic E-state index is 13.0. The highest BCUT2D eigenvalue weighted by Gasteiger charge is 2.23. The van der Waals surface area contributed by atoms with Crippen LogP contribution in [0.25, 0.3) is 16.9 Å². The SMILES string of the molecule is CC.O=C(Nc1cn[nH]c1-c1cc(SC2COC2)ccc1OC(F)F)c1cnn2cccnc12. The Labute approximate surface area is 197 Å². The first-order valence-corrected chi connectivity index (χ1v) is 11.4. The normalized spacial score (nSPS) is 13.3. The number of fused-ring (bicyclic) bond motifs is 1. The molecular weight excluding hydrogens is 466 g/mol. The van der Waals surface area contributed by atoms with Crippen molar-refractivity contribution in [2.75, 3.05) is 18.5 Å². The molecule has 0 aliphatic carbocycles. The van der Waals surface area contributed by atoms with Gasteiger partial charge in [-0.05, 0) is 24.3 Å². The lowest BCUT2D eigenvalue weighted by Crippen LogP contribution is -2.29. The van der Waals surface area contributed by atoms with E-state index in [1.807, 2.05) is 13.8 Å². The number of carbonyl (C=O) groups is 1. The Kier molecular flexibility index (Phi) is 7.38. The standard InChI is InChI=1S/C20H16F2N6O3S.C2H6/c21-20(22)31-16-3-2-11(32-12-9-30-10-12)6-13(16)17-15(8-24-27-17)26-19(29)14-7-25-28-5-1-4-23-18(14)28;1-2/h1-8,12,20H,9-10H2,(H,24,27)(H,26,29);1-2H3. The number of benzene rings is 1. The fourth-order valence-electron chi connectivity index (χ4n) is 3.21. The number of rotatable bonds is 7. The molecule has 0 atom stereocenters. The van der Waals surface area contributed by atoms with Crippen LogP contribution in [0.5, 0.6) is 5.75 Å². The van der Waals surface area contributed by atoms with E-state index in [1.165, 1.54) is 23.0 Å². The lowest BCUT2D eigenvalue weighted by molar-refractivity contribution is -0.0494. The van der Waals surface area contributed by atoms with Crippen LogP contribution >= 0.6 is 11.8 Å². The average Bonchev–Trinajstić information content (AvgIpc) is 3.45. The summed E-state index contributed by atoms with van der Waals surface area (Å²) in [6.45, 7) is 2.26. The van der Waals surface area contributed by atoms with Gasteiger partial charge >= 0.3 is 6.61 Å². The van der Waals surface area contributed by atoms with Crippen molar-refractivity contribution in [2.45, 2.75) is 30.6 Å². The number of halogens is 2. The van der Waals surface area contributed by atoms with Crippen molar-refractivity contribution in [3.05, 3.63) is 54.6 Å². The molecule has 1 aromatic carbocycles. The number of ether oxygens (including phenoxy) is 2. The molecule has 9 nitrogen and oxygen atoms in total. The first-order chi connectivity index (χ1) is 16.6. The Bertz CT molecular complexity index is 1270. The second-order valence-electron chi connectivity index (χ2n) is 6.87. The summed E-state index contributed by atoms with van der Waals surface area (Å²) in [6.07, 6.45) is 6.03. The summed E-state index contributed by atoms with van der Waals surface area (Å²) in [5.41, 5.74) is 1.64. The van der Waals surface area contributed by atoms with Gasteiger partial charge in [-0.3, -0.25) is 9.89 Å². The maximum atomic E-state index is 13.0. The number of H-pyrrole nitrogens is 1. The molecule has 0 bridgehead atoms. The van der Waals surface area contributed by atoms with Crippen LogP contribution in [0.4, 0.5) is 14.5 Å². The molecule has 12 heteroatoms. The first kappa shape index (κ1) is 23.6. The number of nitrogens with one attached hydrogen (secondary N) is 2. The summed E-state index contributed by atoms with van der Waals surface area (Å²) in [4.78, 5) is 17.9. The zero-order valence-electron chi connectivity index (χ0n) is 18.4. The number of anilines is 1. The molecule has 2 N–H and O–H groups in total. The molecule has 1 aliphatic heterocycles. The first-order valence-electron chi connectivity index (χ1n) is 10.5. The number of hydrogen-bond donors (Lipinski definition) is 2. The Balaban J connectivity index is 0.00000133. The number of aromatic amines is 1. The van der Waals surface area contributed by atoms with Crippen LogP contribution in [0, 0.1) is 0 Å². The zero-order chi connectivity index (χ0) is 24.1. The Morgan fingerprint density at radius 1 is 1.32 bits per heavy atom. The molecule has 0 saturated carbocycles. The summed E-state index contributed by atoms with van der Waals surface area (Å²) in [5, 5.41) is 13.9. The van der Waals surface area contributed by atoms with Crippen molar-refractivity contribution in [3.8, 4) is 17.0 Å². The third kappa shape index (κ3) is 5.02. The molecule has 5 rings (SSSR count). The molecule has 4 aromatic rings. The van der Waals surface area contributed by atoms with Crippen LogP contribution < -0.4 is 10.1 Å². The Morgan fingerprint density at radius 3 is 2.88 bits per heavy atom. The molecule has 1 fully saturated rings. The third-order valence-corrected chi connectivity index (χ3v) is 5.89. The highest BCUT2D eigenvalue weighted by molar-refractivity contribution is 8.00. The molecule has 0 unspecified atom stereocenters. The molecule has 0 spiro atoms. The minimum absolute atomic E-state index is 0.0355. The van der Waals surface area contributed by atoms with Crippen LogP contribution in [-0.2, 0) is 4.74 Å². The van der Waals surface area contributed by atoms with Crippen molar-refractivity contribution in [1.82, 2.24) is 24.8 Å². The van der Waals surface area contributed by atoms with E-state index in [2.05, 4.69) is 25.6 Å². The lowest BCUT2D eigenvalue weighted by Gasteiger charge is -2.25. The van der Waals surface area contributed by atoms with E-state index in [0.717, 1.165) is 4.90 Å². The number of nitrogens with zero attached hydrogens (tertiary/aromatic N) is 4. The average molecular weight is 489 g/mol. The predicted molar refractivity (Wildman–Crippen MR) is 123 cm³/mol. The van der Waals surface area contributed by atoms with Gasteiger partial charge in [0.15, 0.2) is 5.65 Å². The number of thioether (sulfide) groups is 1. The van der Waals surface area contributed by atoms with Gasteiger partial charge in [-0.2, -0.15) is 19.0 Å². The number of alkyl halides is 2. The van der Waals surface area contributed by atoms with Crippen LogP contribution in [0.15, 0.2) is 53.9 Å². The van der Waals surface area contributed by atoms with Gasteiger partial charge in [0.1, 0.15) is 11.3 Å². The van der Waals surface area contributed by atoms with Gasteiger partial charge < -0.3 is 14.8 Å². The lowest BCUT2D eigenvalue weighted by atomic mass is 10.1. The van der Waals surface area contributed by atoms with Crippen LogP contribution in [0.3, 0.4) is 0 Å². The molecular formula is C22H22F2N6O3S. The van der Waals surface area contributed by atoms with Crippen molar-refractivity contribution in [3.63, 3.8) is 0 Å². The molecule has 1 saturated heterocycles. The molecule has 178 valence electrons. The quantitative estimate of drug-likeness (QED) is 0.395. The minimum Gasteiger partial charge on any atom is -0.434 e. The van der Waals surface area contributed by atoms with Crippen molar-refractivity contribution in [2.24, 2.45) is 0 Å². The fourth-order valence-corrected chi connectivity index (χ4v) is 4.26. The summed E-state index contributed by atoms with van der Waals surface area (Å²) in [5.74, 6) is -0.499. The molecule has 1 amide bonds. The van der Waals surface area contributed by atoms with Crippen molar-refractivity contribution in [1.29, 1.82) is 0 Å². The second-order valence-corrected chi connectivity index (χ2v) is 8.25. The van der Waals surface area contributed by atoms with Crippen molar-refractivity contribution < 1.29 is 23.0 Å². The van der Waals surface area contributed by atoms with E-state index in [0.29, 0.717) is 41.1 Å². The van der Waals surface area contributed by atoms with E-state index in [4.69, 9.17) is 9.47 Å². The van der Waals surface area contributed by atoms with Crippen LogP contribution in [-0.4, -0.2) is 55.8 Å². The molecule has 4 heterocycles.